The highest BCUT2D eigenvalue weighted by Gasteiger charge is 2.24. The fourth-order valence-electron chi connectivity index (χ4n) is 2.57. The number of nitrogens with zero attached hydrogens (tertiary/aromatic N) is 2. The molecule has 0 unspecified atom stereocenters. The Labute approximate surface area is 150 Å². The highest BCUT2D eigenvalue weighted by atomic mass is 16.5. The molecular weight excluding hydrogens is 340 g/mol. The van der Waals surface area contributed by atoms with Crippen molar-refractivity contribution in [3.8, 4) is 0 Å². The van der Waals surface area contributed by atoms with Crippen LogP contribution >= 0.6 is 0 Å². The third-order valence-electron chi connectivity index (χ3n) is 3.73. The molecule has 2 aromatic heterocycles. The number of amides is 1. The van der Waals surface area contributed by atoms with Gasteiger partial charge in [-0.25, -0.2) is 9.59 Å². The standard InChI is InChI=1S/C17H22N4O5/c1-6-25-16(23)14-10(3)15(18-11(14)4)17(24)26-8-13(22)19-12-7-9(2)20-21(12)5/h7,18H,6,8H2,1-5H3,(H,19,22). The summed E-state index contributed by atoms with van der Waals surface area (Å²) in [4.78, 5) is 39.0. The van der Waals surface area contributed by atoms with Gasteiger partial charge in [0.15, 0.2) is 6.61 Å². The lowest BCUT2D eigenvalue weighted by Gasteiger charge is -2.06. The molecule has 26 heavy (non-hydrogen) atoms. The molecule has 0 saturated carbocycles. The Morgan fingerprint density at radius 2 is 1.88 bits per heavy atom. The zero-order valence-electron chi connectivity index (χ0n) is 15.4. The Bertz CT molecular complexity index is 850. The minimum Gasteiger partial charge on any atom is -0.462 e. The predicted molar refractivity (Wildman–Crippen MR) is 93.1 cm³/mol. The van der Waals surface area contributed by atoms with Gasteiger partial charge in [0.2, 0.25) is 0 Å². The van der Waals surface area contributed by atoms with Crippen molar-refractivity contribution in [1.82, 2.24) is 14.8 Å². The molecule has 0 spiro atoms. The molecule has 0 radical (unpaired) electrons. The van der Waals surface area contributed by atoms with Crippen molar-refractivity contribution in [3.63, 3.8) is 0 Å². The quantitative estimate of drug-likeness (QED) is 0.755. The number of aromatic nitrogens is 3. The second kappa shape index (κ2) is 7.85. The van der Waals surface area contributed by atoms with Crippen molar-refractivity contribution in [3.05, 3.63) is 34.3 Å². The van der Waals surface area contributed by atoms with Crippen LogP contribution in [0.25, 0.3) is 0 Å². The zero-order chi connectivity index (χ0) is 19.4. The predicted octanol–water partition coefficient (Wildman–Crippen LogP) is 1.65. The molecule has 2 aromatic rings. The van der Waals surface area contributed by atoms with Crippen LogP contribution in [0.1, 0.15) is 44.7 Å². The van der Waals surface area contributed by atoms with Gasteiger partial charge >= 0.3 is 11.9 Å². The number of aryl methyl sites for hydroxylation is 3. The van der Waals surface area contributed by atoms with Crippen LogP contribution in [0, 0.1) is 20.8 Å². The number of rotatable bonds is 6. The van der Waals surface area contributed by atoms with Gasteiger partial charge in [-0.2, -0.15) is 5.10 Å². The van der Waals surface area contributed by atoms with Gasteiger partial charge in [-0.15, -0.1) is 0 Å². The van der Waals surface area contributed by atoms with Gasteiger partial charge < -0.3 is 19.8 Å². The second-order valence-corrected chi connectivity index (χ2v) is 5.76. The molecule has 0 fully saturated rings. The van der Waals surface area contributed by atoms with Crippen LogP contribution in [-0.2, 0) is 21.3 Å². The molecule has 0 bridgehead atoms. The lowest BCUT2D eigenvalue weighted by Crippen LogP contribution is -2.22. The Kier molecular flexibility index (Phi) is 5.81. The summed E-state index contributed by atoms with van der Waals surface area (Å²) in [5.74, 6) is -1.23. The molecule has 9 nitrogen and oxygen atoms in total. The first kappa shape index (κ1) is 19.2. The van der Waals surface area contributed by atoms with Crippen LogP contribution in [0.15, 0.2) is 6.07 Å². The normalized spacial score (nSPS) is 10.5. The van der Waals surface area contributed by atoms with E-state index in [2.05, 4.69) is 15.4 Å². The third-order valence-corrected chi connectivity index (χ3v) is 3.73. The van der Waals surface area contributed by atoms with E-state index in [1.807, 2.05) is 0 Å². The number of carbonyl (C=O) groups is 3. The molecule has 0 aliphatic carbocycles. The summed E-state index contributed by atoms with van der Waals surface area (Å²) in [7, 11) is 1.69. The molecule has 2 N–H and O–H groups in total. The third kappa shape index (κ3) is 4.11. The van der Waals surface area contributed by atoms with Crippen LogP contribution in [0.3, 0.4) is 0 Å². The minimum atomic E-state index is -0.725. The number of hydrogen-bond donors (Lipinski definition) is 2. The molecule has 2 heterocycles. The summed E-state index contributed by atoms with van der Waals surface area (Å²) in [6.07, 6.45) is 0. The molecular formula is C17H22N4O5. The number of nitrogens with one attached hydrogen (secondary N) is 2. The van der Waals surface area contributed by atoms with Crippen molar-refractivity contribution < 1.29 is 23.9 Å². The molecule has 2 rings (SSSR count). The maximum Gasteiger partial charge on any atom is 0.355 e. The van der Waals surface area contributed by atoms with Gasteiger partial charge in [0.1, 0.15) is 11.5 Å². The molecule has 140 valence electrons. The molecule has 9 heteroatoms. The number of esters is 2. The highest BCUT2D eigenvalue weighted by Crippen LogP contribution is 2.20. The summed E-state index contributed by atoms with van der Waals surface area (Å²) < 4.78 is 11.5. The van der Waals surface area contributed by atoms with Crippen molar-refractivity contribution in [2.45, 2.75) is 27.7 Å². The fraction of sp³-hybridized carbons (Fsp3) is 0.412. The number of ether oxygens (including phenoxy) is 2. The maximum absolute atomic E-state index is 12.2. The van der Waals surface area contributed by atoms with Gasteiger partial charge in [-0.3, -0.25) is 9.48 Å². The summed E-state index contributed by atoms with van der Waals surface area (Å²) in [6.45, 7) is 6.55. The molecule has 0 aliphatic heterocycles. The lowest BCUT2D eigenvalue weighted by atomic mass is 10.1. The number of carbonyl (C=O) groups excluding carboxylic acids is 3. The average Bonchev–Trinajstić information content (AvgIpc) is 3.03. The van der Waals surface area contributed by atoms with E-state index in [1.54, 1.807) is 40.8 Å². The fourth-order valence-corrected chi connectivity index (χ4v) is 2.57. The van der Waals surface area contributed by atoms with E-state index >= 15 is 0 Å². The Hall–Kier alpha value is -3.10. The van der Waals surface area contributed by atoms with E-state index in [0.29, 0.717) is 22.6 Å². The molecule has 0 aromatic carbocycles. The SMILES string of the molecule is CCOC(=O)c1c(C)[nH]c(C(=O)OCC(=O)Nc2cc(C)nn2C)c1C. The van der Waals surface area contributed by atoms with Crippen LogP contribution < -0.4 is 5.32 Å². The first-order chi connectivity index (χ1) is 12.2. The van der Waals surface area contributed by atoms with E-state index in [9.17, 15) is 14.4 Å². The maximum atomic E-state index is 12.2. The molecule has 0 aliphatic rings. The van der Waals surface area contributed by atoms with Crippen LogP contribution in [-0.4, -0.2) is 45.8 Å². The molecule has 0 atom stereocenters. The zero-order valence-corrected chi connectivity index (χ0v) is 15.4. The Morgan fingerprint density at radius 3 is 2.46 bits per heavy atom. The largest absolute Gasteiger partial charge is 0.462 e. The number of H-pyrrole nitrogens is 1. The molecule has 1 amide bonds. The van der Waals surface area contributed by atoms with Gasteiger partial charge in [-0.05, 0) is 33.3 Å². The summed E-state index contributed by atoms with van der Waals surface area (Å²) in [6, 6.07) is 1.70. The minimum absolute atomic E-state index is 0.120. The topological polar surface area (TPSA) is 115 Å². The summed E-state index contributed by atoms with van der Waals surface area (Å²) in [5.41, 5.74) is 2.10. The van der Waals surface area contributed by atoms with Crippen LogP contribution in [0.4, 0.5) is 5.82 Å². The monoisotopic (exact) mass is 362 g/mol. The molecule has 0 saturated heterocycles. The number of hydrogen-bond acceptors (Lipinski definition) is 6. The van der Waals surface area contributed by atoms with E-state index < -0.39 is 24.5 Å². The van der Waals surface area contributed by atoms with E-state index in [4.69, 9.17) is 9.47 Å². The van der Waals surface area contributed by atoms with Crippen LogP contribution in [0.2, 0.25) is 0 Å². The van der Waals surface area contributed by atoms with Gasteiger partial charge in [0.25, 0.3) is 5.91 Å². The smallest absolute Gasteiger partial charge is 0.355 e. The Balaban J connectivity index is 2.02. The number of anilines is 1. The first-order valence-electron chi connectivity index (χ1n) is 8.08. The summed E-state index contributed by atoms with van der Waals surface area (Å²) >= 11 is 0. The van der Waals surface area contributed by atoms with E-state index in [1.165, 1.54) is 4.68 Å². The van der Waals surface area contributed by atoms with Crippen molar-refractivity contribution in [2.75, 3.05) is 18.5 Å². The van der Waals surface area contributed by atoms with Crippen LogP contribution in [0.5, 0.6) is 0 Å². The van der Waals surface area contributed by atoms with E-state index in [0.717, 1.165) is 5.69 Å². The Morgan fingerprint density at radius 1 is 1.19 bits per heavy atom. The van der Waals surface area contributed by atoms with Crippen molar-refractivity contribution in [2.24, 2.45) is 7.05 Å². The van der Waals surface area contributed by atoms with Gasteiger partial charge in [0, 0.05) is 18.8 Å². The van der Waals surface area contributed by atoms with Crippen molar-refractivity contribution >= 4 is 23.7 Å². The summed E-state index contributed by atoms with van der Waals surface area (Å²) in [5, 5.41) is 6.71. The lowest BCUT2D eigenvalue weighted by molar-refractivity contribution is -0.119. The average molecular weight is 362 g/mol. The van der Waals surface area contributed by atoms with E-state index in [-0.39, 0.29) is 12.3 Å². The van der Waals surface area contributed by atoms with Crippen molar-refractivity contribution in [1.29, 1.82) is 0 Å². The second-order valence-electron chi connectivity index (χ2n) is 5.76. The first-order valence-corrected chi connectivity index (χ1v) is 8.08. The number of aromatic amines is 1. The van der Waals surface area contributed by atoms with Gasteiger partial charge in [-0.1, -0.05) is 0 Å². The van der Waals surface area contributed by atoms with Gasteiger partial charge in [0.05, 0.1) is 17.9 Å². The highest BCUT2D eigenvalue weighted by molar-refractivity contribution is 5.99.